The highest BCUT2D eigenvalue weighted by atomic mass is 16.5. The first-order valence-corrected chi connectivity index (χ1v) is 6.40. The number of ether oxygens (including phenoxy) is 2. The van der Waals surface area contributed by atoms with Crippen LogP contribution in [-0.4, -0.2) is 41.6 Å². The third kappa shape index (κ3) is 3.94. The van der Waals surface area contributed by atoms with E-state index in [9.17, 15) is 9.90 Å². The number of aliphatic carboxylic acids is 1. The molecule has 1 saturated heterocycles. The van der Waals surface area contributed by atoms with Gasteiger partial charge in [0.05, 0.1) is 6.10 Å². The van der Waals surface area contributed by atoms with E-state index in [1.807, 2.05) is 6.07 Å². The Morgan fingerprint density at radius 1 is 1.47 bits per heavy atom. The van der Waals surface area contributed by atoms with Crippen molar-refractivity contribution < 1.29 is 24.5 Å². The average molecular weight is 266 g/mol. The monoisotopic (exact) mass is 266 g/mol. The molecule has 0 spiro atoms. The summed E-state index contributed by atoms with van der Waals surface area (Å²) in [6.45, 7) is 1.23. The molecule has 0 amide bonds. The Labute approximate surface area is 111 Å². The van der Waals surface area contributed by atoms with E-state index in [0.29, 0.717) is 17.9 Å². The van der Waals surface area contributed by atoms with E-state index in [2.05, 4.69) is 0 Å². The standard InChI is InChI=1S/C14H18O5/c15-12(14(16)17)8-10-4-1-2-6-13(10)19-9-11-5-3-7-18-11/h1-2,4,6,11-12,15H,3,5,7-9H2,(H,16,17)/t11-,12+/m1/s1. The van der Waals surface area contributed by atoms with E-state index in [4.69, 9.17) is 14.6 Å². The van der Waals surface area contributed by atoms with Crippen LogP contribution in [0.25, 0.3) is 0 Å². The lowest BCUT2D eigenvalue weighted by molar-refractivity contribution is -0.146. The Bertz CT molecular complexity index is 426. The molecular weight excluding hydrogens is 248 g/mol. The smallest absolute Gasteiger partial charge is 0.332 e. The van der Waals surface area contributed by atoms with Gasteiger partial charge >= 0.3 is 5.97 Å². The first kappa shape index (κ1) is 13.8. The van der Waals surface area contributed by atoms with Gasteiger partial charge in [-0.2, -0.15) is 0 Å². The van der Waals surface area contributed by atoms with Crippen molar-refractivity contribution in [3.05, 3.63) is 29.8 Å². The van der Waals surface area contributed by atoms with Crippen LogP contribution in [0.4, 0.5) is 0 Å². The van der Waals surface area contributed by atoms with Gasteiger partial charge in [-0.15, -0.1) is 0 Å². The van der Waals surface area contributed by atoms with Gasteiger partial charge < -0.3 is 19.7 Å². The Morgan fingerprint density at radius 3 is 2.95 bits per heavy atom. The number of aliphatic hydroxyl groups is 1. The molecule has 1 aliphatic heterocycles. The van der Waals surface area contributed by atoms with Crippen LogP contribution >= 0.6 is 0 Å². The fourth-order valence-corrected chi connectivity index (χ4v) is 2.07. The number of carboxylic acids is 1. The van der Waals surface area contributed by atoms with E-state index in [0.717, 1.165) is 19.4 Å². The molecule has 19 heavy (non-hydrogen) atoms. The molecule has 0 unspecified atom stereocenters. The maximum absolute atomic E-state index is 10.7. The van der Waals surface area contributed by atoms with Gasteiger partial charge in [0.1, 0.15) is 12.4 Å². The molecule has 5 nitrogen and oxygen atoms in total. The molecule has 0 aliphatic carbocycles. The van der Waals surface area contributed by atoms with Crippen LogP contribution in [0.5, 0.6) is 5.75 Å². The molecule has 1 aliphatic rings. The Balaban J connectivity index is 1.96. The zero-order valence-electron chi connectivity index (χ0n) is 10.6. The summed E-state index contributed by atoms with van der Waals surface area (Å²) in [5, 5.41) is 18.1. The van der Waals surface area contributed by atoms with Gasteiger partial charge in [-0.3, -0.25) is 0 Å². The van der Waals surface area contributed by atoms with Crippen LogP contribution in [0.2, 0.25) is 0 Å². The fourth-order valence-electron chi connectivity index (χ4n) is 2.07. The normalized spacial score (nSPS) is 20.2. The SMILES string of the molecule is O=C(O)[C@@H](O)Cc1ccccc1OC[C@H]1CCCO1. The van der Waals surface area contributed by atoms with Gasteiger partial charge in [-0.25, -0.2) is 4.79 Å². The second-order valence-electron chi connectivity index (χ2n) is 4.61. The zero-order chi connectivity index (χ0) is 13.7. The summed E-state index contributed by atoms with van der Waals surface area (Å²) in [5.74, 6) is -0.618. The molecule has 0 radical (unpaired) electrons. The highest BCUT2D eigenvalue weighted by Crippen LogP contribution is 2.21. The van der Waals surface area contributed by atoms with Crippen molar-refractivity contribution in [1.82, 2.24) is 0 Å². The zero-order valence-corrected chi connectivity index (χ0v) is 10.6. The summed E-state index contributed by atoms with van der Waals surface area (Å²) in [6.07, 6.45) is 0.773. The molecule has 2 rings (SSSR count). The van der Waals surface area contributed by atoms with Crippen LogP contribution in [-0.2, 0) is 16.0 Å². The van der Waals surface area contributed by atoms with Crippen LogP contribution < -0.4 is 4.74 Å². The minimum Gasteiger partial charge on any atom is -0.491 e. The molecule has 5 heteroatoms. The van der Waals surface area contributed by atoms with E-state index < -0.39 is 12.1 Å². The highest BCUT2D eigenvalue weighted by molar-refractivity contribution is 5.72. The molecule has 1 heterocycles. The number of benzene rings is 1. The van der Waals surface area contributed by atoms with E-state index in [1.54, 1.807) is 18.2 Å². The van der Waals surface area contributed by atoms with Crippen molar-refractivity contribution in [3.63, 3.8) is 0 Å². The highest BCUT2D eigenvalue weighted by Gasteiger charge is 2.19. The van der Waals surface area contributed by atoms with Crippen molar-refractivity contribution >= 4 is 5.97 Å². The lowest BCUT2D eigenvalue weighted by Crippen LogP contribution is -2.23. The van der Waals surface area contributed by atoms with Crippen molar-refractivity contribution in [1.29, 1.82) is 0 Å². The van der Waals surface area contributed by atoms with Crippen LogP contribution in [0.15, 0.2) is 24.3 Å². The Morgan fingerprint density at radius 2 is 2.26 bits per heavy atom. The quantitative estimate of drug-likeness (QED) is 0.810. The molecule has 1 aromatic carbocycles. The van der Waals surface area contributed by atoms with Gasteiger partial charge in [0.15, 0.2) is 6.10 Å². The molecule has 104 valence electrons. The largest absolute Gasteiger partial charge is 0.491 e. The summed E-state index contributed by atoms with van der Waals surface area (Å²) >= 11 is 0. The Kier molecular flexibility index (Phi) is 4.76. The third-order valence-electron chi connectivity index (χ3n) is 3.12. The third-order valence-corrected chi connectivity index (χ3v) is 3.12. The lowest BCUT2D eigenvalue weighted by Gasteiger charge is -2.15. The number of carboxylic acid groups (broad SMARTS) is 1. The van der Waals surface area contributed by atoms with Crippen molar-refractivity contribution in [3.8, 4) is 5.75 Å². The summed E-state index contributed by atoms with van der Waals surface area (Å²) in [5.41, 5.74) is 0.690. The maximum Gasteiger partial charge on any atom is 0.332 e. The molecule has 2 N–H and O–H groups in total. The molecule has 2 atom stereocenters. The van der Waals surface area contributed by atoms with E-state index in [-0.39, 0.29) is 12.5 Å². The summed E-state index contributed by atoms with van der Waals surface area (Å²) < 4.78 is 11.1. The molecule has 0 saturated carbocycles. The topological polar surface area (TPSA) is 76.0 Å². The number of hydrogen-bond acceptors (Lipinski definition) is 4. The predicted molar refractivity (Wildman–Crippen MR) is 68.3 cm³/mol. The fraction of sp³-hybridized carbons (Fsp3) is 0.500. The minimum atomic E-state index is -1.41. The summed E-state index contributed by atoms with van der Waals surface area (Å²) in [6, 6.07) is 7.15. The maximum atomic E-state index is 10.7. The van der Waals surface area contributed by atoms with Gasteiger partial charge in [-0.1, -0.05) is 18.2 Å². The number of aliphatic hydroxyl groups excluding tert-OH is 1. The number of rotatable bonds is 6. The van der Waals surface area contributed by atoms with Gasteiger partial charge in [0.2, 0.25) is 0 Å². The van der Waals surface area contributed by atoms with Crippen molar-refractivity contribution in [2.24, 2.45) is 0 Å². The summed E-state index contributed by atoms with van der Waals surface area (Å²) in [7, 11) is 0. The predicted octanol–water partition coefficient (Wildman–Crippen LogP) is 1.23. The van der Waals surface area contributed by atoms with Gasteiger partial charge in [0, 0.05) is 13.0 Å². The van der Waals surface area contributed by atoms with Crippen molar-refractivity contribution in [2.75, 3.05) is 13.2 Å². The molecule has 0 aromatic heterocycles. The number of para-hydroxylation sites is 1. The summed E-state index contributed by atoms with van der Waals surface area (Å²) in [4.78, 5) is 10.7. The van der Waals surface area contributed by atoms with Gasteiger partial charge in [-0.05, 0) is 24.5 Å². The van der Waals surface area contributed by atoms with Crippen molar-refractivity contribution in [2.45, 2.75) is 31.5 Å². The minimum absolute atomic E-state index is 0.0387. The Hall–Kier alpha value is -1.59. The second kappa shape index (κ2) is 6.54. The van der Waals surface area contributed by atoms with Gasteiger partial charge in [0.25, 0.3) is 0 Å². The van der Waals surface area contributed by atoms with Crippen LogP contribution in [0.3, 0.4) is 0 Å². The molecule has 1 fully saturated rings. The first-order chi connectivity index (χ1) is 9.16. The van der Waals surface area contributed by atoms with E-state index in [1.165, 1.54) is 0 Å². The number of hydrogen-bond donors (Lipinski definition) is 2. The van der Waals surface area contributed by atoms with Crippen LogP contribution in [0, 0.1) is 0 Å². The molecule has 0 bridgehead atoms. The second-order valence-corrected chi connectivity index (χ2v) is 4.61. The molecular formula is C14H18O5. The van der Waals surface area contributed by atoms with E-state index >= 15 is 0 Å². The molecule has 1 aromatic rings. The number of carbonyl (C=O) groups is 1. The average Bonchev–Trinajstić information content (AvgIpc) is 2.90. The lowest BCUT2D eigenvalue weighted by atomic mass is 10.1. The first-order valence-electron chi connectivity index (χ1n) is 6.40. The van der Waals surface area contributed by atoms with Crippen LogP contribution in [0.1, 0.15) is 18.4 Å².